The second-order valence-electron chi connectivity index (χ2n) is 12.5. The quantitative estimate of drug-likeness (QED) is 0.385. The Kier molecular flexibility index (Phi) is 7.18. The maximum atomic E-state index is 14.9. The van der Waals surface area contributed by atoms with Gasteiger partial charge in [-0.3, -0.25) is 29.0 Å². The van der Waals surface area contributed by atoms with E-state index in [9.17, 15) is 42.6 Å². The second kappa shape index (κ2) is 9.95. The summed E-state index contributed by atoms with van der Waals surface area (Å²) in [5, 5.41) is 31.3. The molecule has 2 saturated carbocycles. The van der Waals surface area contributed by atoms with Crippen LogP contribution in [0, 0.1) is 29.1 Å². The number of aliphatic hydroxyl groups is 1. The molecule has 13 heteroatoms. The average molecular weight is 593 g/mol. The van der Waals surface area contributed by atoms with Crippen LogP contribution in [-0.2, 0) is 27.0 Å². The number of aromatic hydroxyl groups is 1. The molecule has 228 valence electrons. The number of primary amides is 1. The van der Waals surface area contributed by atoms with Crippen LogP contribution in [0.1, 0.15) is 66.2 Å². The van der Waals surface area contributed by atoms with Crippen LogP contribution in [0.4, 0.5) is 13.2 Å². The lowest BCUT2D eigenvalue weighted by atomic mass is 9.52. The summed E-state index contributed by atoms with van der Waals surface area (Å²) in [6.45, 7) is 4.33. The van der Waals surface area contributed by atoms with E-state index < -0.39 is 105 Å². The number of amides is 1. The van der Waals surface area contributed by atoms with Gasteiger partial charge in [0.2, 0.25) is 5.91 Å². The van der Waals surface area contributed by atoms with E-state index in [4.69, 9.17) is 11.1 Å². The van der Waals surface area contributed by atoms with Crippen LogP contribution in [0.2, 0.25) is 0 Å². The molecule has 1 heterocycles. The van der Waals surface area contributed by atoms with Gasteiger partial charge < -0.3 is 21.4 Å². The molecule has 5 N–H and O–H groups in total. The maximum Gasteiger partial charge on any atom is 0.417 e. The molecule has 1 aromatic rings. The van der Waals surface area contributed by atoms with Gasteiger partial charge in [-0.25, -0.2) is 0 Å². The molecule has 0 aromatic heterocycles. The lowest BCUT2D eigenvalue weighted by molar-refractivity contribution is -0.157. The molecule has 0 radical (unpaired) electrons. The summed E-state index contributed by atoms with van der Waals surface area (Å²) >= 11 is 0. The number of alkyl halides is 3. The fourth-order valence-electron chi connectivity index (χ4n) is 8.10. The highest BCUT2D eigenvalue weighted by Gasteiger charge is 2.68. The number of likely N-dealkylation sites (N-methyl/N-ethyl adjacent to an activating group) is 1. The van der Waals surface area contributed by atoms with Gasteiger partial charge in [-0.2, -0.15) is 13.2 Å². The largest absolute Gasteiger partial charge is 0.507 e. The van der Waals surface area contributed by atoms with Crippen LogP contribution >= 0.6 is 0 Å². The number of hydrogen-bond donors (Lipinski definition) is 4. The summed E-state index contributed by atoms with van der Waals surface area (Å²) in [6.07, 6.45) is -4.44. The first-order valence-corrected chi connectivity index (χ1v) is 14.0. The van der Waals surface area contributed by atoms with Crippen molar-refractivity contribution in [1.82, 2.24) is 9.80 Å². The number of halogens is 3. The molecule has 1 saturated heterocycles. The fourth-order valence-corrected chi connectivity index (χ4v) is 8.10. The van der Waals surface area contributed by atoms with E-state index in [0.29, 0.717) is 19.4 Å². The zero-order chi connectivity index (χ0) is 31.2. The first-order valence-electron chi connectivity index (χ1n) is 14.0. The normalized spacial score (nSPS) is 33.7. The van der Waals surface area contributed by atoms with E-state index in [1.807, 2.05) is 18.7 Å². The Balaban J connectivity index is 1.68. The molecular formula is C29H35F3N4O6. The van der Waals surface area contributed by atoms with Crippen LogP contribution < -0.4 is 5.73 Å². The Morgan fingerprint density at radius 3 is 2.43 bits per heavy atom. The summed E-state index contributed by atoms with van der Waals surface area (Å²) in [7, 11) is 2.95. The topological polar surface area (TPSA) is 165 Å². The minimum absolute atomic E-state index is 0.0669. The Labute approximate surface area is 240 Å². The van der Waals surface area contributed by atoms with E-state index in [0.717, 1.165) is 6.07 Å². The summed E-state index contributed by atoms with van der Waals surface area (Å²) in [4.78, 5) is 56.6. The van der Waals surface area contributed by atoms with Crippen LogP contribution in [0.25, 0.3) is 0 Å². The Morgan fingerprint density at radius 1 is 1.24 bits per heavy atom. The third-order valence-corrected chi connectivity index (χ3v) is 9.76. The summed E-state index contributed by atoms with van der Waals surface area (Å²) in [5.41, 5.74) is -0.420. The smallest absolute Gasteiger partial charge is 0.417 e. The van der Waals surface area contributed by atoms with Crippen LogP contribution in [0.15, 0.2) is 6.07 Å². The van der Waals surface area contributed by atoms with Gasteiger partial charge in [0.25, 0.3) is 0 Å². The van der Waals surface area contributed by atoms with E-state index in [1.165, 1.54) is 19.0 Å². The molecule has 1 aliphatic heterocycles. The number of rotatable bonds is 4. The summed E-state index contributed by atoms with van der Waals surface area (Å²) in [5.74, 6) is -10.9. The minimum Gasteiger partial charge on any atom is -0.507 e. The number of benzene rings is 1. The van der Waals surface area contributed by atoms with Gasteiger partial charge in [0.15, 0.2) is 23.0 Å². The van der Waals surface area contributed by atoms with Crippen LogP contribution in [0.3, 0.4) is 0 Å². The molecule has 3 fully saturated rings. The Morgan fingerprint density at radius 2 is 1.88 bits per heavy atom. The minimum atomic E-state index is -4.88. The second-order valence-corrected chi connectivity index (χ2v) is 12.5. The lowest BCUT2D eigenvalue weighted by Crippen LogP contribution is -2.73. The van der Waals surface area contributed by atoms with Gasteiger partial charge in [0.1, 0.15) is 11.7 Å². The number of carbonyl (C=O) groups is 4. The van der Waals surface area contributed by atoms with Crippen molar-refractivity contribution in [3.63, 3.8) is 0 Å². The highest BCUT2D eigenvalue weighted by atomic mass is 19.4. The highest BCUT2D eigenvalue weighted by Crippen LogP contribution is 2.54. The molecular weight excluding hydrogens is 557 g/mol. The number of hydrogen-bond acceptors (Lipinski definition) is 9. The SMILES string of the molecule is CC(C)N1CCCC1c1cc(O)c2c(c1C(F)(F)F)CC1CC3C(N(C)C)C(=O)C(C(N)=O)C(=N)C3(O)C(=O)C1C2=O. The third-order valence-electron chi connectivity index (χ3n) is 9.76. The number of carbonyl (C=O) groups excluding carboxylic acids is 4. The molecule has 1 aromatic carbocycles. The van der Waals surface area contributed by atoms with E-state index >= 15 is 0 Å². The number of likely N-dealkylation sites (tertiary alicyclic amines) is 1. The first-order chi connectivity index (χ1) is 19.4. The van der Waals surface area contributed by atoms with Gasteiger partial charge in [0.05, 0.1) is 28.8 Å². The predicted octanol–water partition coefficient (Wildman–Crippen LogP) is 1.88. The molecule has 4 aliphatic rings. The fraction of sp³-hybridized carbons (Fsp3) is 0.621. The maximum absolute atomic E-state index is 14.9. The van der Waals surface area contributed by atoms with Crippen molar-refractivity contribution in [2.75, 3.05) is 20.6 Å². The van der Waals surface area contributed by atoms with Gasteiger partial charge >= 0.3 is 6.18 Å². The zero-order valence-electron chi connectivity index (χ0n) is 23.8. The molecule has 3 aliphatic carbocycles. The Hall–Kier alpha value is -3.16. The number of nitrogens with zero attached hydrogens (tertiary/aromatic N) is 2. The molecule has 10 nitrogen and oxygen atoms in total. The number of ketones is 3. The molecule has 5 rings (SSSR count). The van der Waals surface area contributed by atoms with Crippen molar-refractivity contribution >= 4 is 29.0 Å². The number of Topliss-reactive ketones (excluding diaryl/α,β-unsaturated/α-hetero) is 3. The standard InChI is InChI=1S/C29H35F3N4O6/c1-11(2)36-7-5-6-16(36)13-10-17(37)19-14(21(13)29(30,31)32)8-12-9-15-22(35(3)4)24(39)20(27(34)41)25(33)28(15,42)26(40)18(12)23(19)38/h10-12,15-16,18,20,22,33,37,42H,5-9H2,1-4H3,(H2,34,41). The van der Waals surface area contributed by atoms with E-state index in [1.54, 1.807) is 0 Å². The van der Waals surface area contributed by atoms with Crippen molar-refractivity contribution in [3.05, 3.63) is 28.3 Å². The first kappa shape index (κ1) is 30.3. The zero-order valence-corrected chi connectivity index (χ0v) is 23.8. The van der Waals surface area contributed by atoms with Crippen molar-refractivity contribution in [1.29, 1.82) is 5.41 Å². The van der Waals surface area contributed by atoms with E-state index in [-0.39, 0.29) is 18.0 Å². The van der Waals surface area contributed by atoms with Gasteiger partial charge in [-0.1, -0.05) is 0 Å². The third kappa shape index (κ3) is 4.15. The molecule has 7 unspecified atom stereocenters. The number of phenolic OH excluding ortho intramolecular Hbond substituents is 1. The van der Waals surface area contributed by atoms with Crippen molar-refractivity contribution in [2.45, 2.75) is 69.4 Å². The van der Waals surface area contributed by atoms with E-state index in [2.05, 4.69) is 0 Å². The number of phenols is 1. The predicted molar refractivity (Wildman–Crippen MR) is 143 cm³/mol. The van der Waals surface area contributed by atoms with Crippen molar-refractivity contribution < 1.29 is 42.6 Å². The molecule has 42 heavy (non-hydrogen) atoms. The van der Waals surface area contributed by atoms with Crippen LogP contribution in [0.5, 0.6) is 5.75 Å². The average Bonchev–Trinajstić information content (AvgIpc) is 3.35. The highest BCUT2D eigenvalue weighted by molar-refractivity contribution is 6.33. The lowest BCUT2D eigenvalue weighted by Gasteiger charge is -2.53. The van der Waals surface area contributed by atoms with Gasteiger partial charge in [-0.15, -0.1) is 0 Å². The Bertz CT molecular complexity index is 1410. The monoisotopic (exact) mass is 592 g/mol. The van der Waals surface area contributed by atoms with Crippen LogP contribution in [-0.4, -0.2) is 87.3 Å². The van der Waals surface area contributed by atoms with Crippen molar-refractivity contribution in [2.24, 2.45) is 29.4 Å². The number of nitrogens with two attached hydrogens (primary N) is 1. The summed E-state index contributed by atoms with van der Waals surface area (Å²) < 4.78 is 44.6. The molecule has 0 bridgehead atoms. The molecule has 1 amide bonds. The van der Waals surface area contributed by atoms with Crippen molar-refractivity contribution in [3.8, 4) is 5.75 Å². The number of fused-ring (bicyclic) bond motifs is 3. The summed E-state index contributed by atoms with van der Waals surface area (Å²) in [6, 6.07) is -0.988. The van der Waals surface area contributed by atoms with Gasteiger partial charge in [-0.05, 0) is 83.3 Å². The number of nitrogens with one attached hydrogen (secondary N) is 1. The van der Waals surface area contributed by atoms with Gasteiger partial charge in [0, 0.05) is 18.0 Å². The molecule has 7 atom stereocenters. The molecule has 0 spiro atoms.